The molecule has 4 nitrogen and oxygen atoms in total. The predicted molar refractivity (Wildman–Crippen MR) is 141 cm³/mol. The number of amides is 1. The molecule has 0 spiro atoms. The summed E-state index contributed by atoms with van der Waals surface area (Å²) in [6.07, 6.45) is 2.99. The van der Waals surface area contributed by atoms with Crippen molar-refractivity contribution >= 4 is 22.5 Å². The van der Waals surface area contributed by atoms with Crippen LogP contribution in [0, 0.1) is 0 Å². The van der Waals surface area contributed by atoms with Crippen molar-refractivity contribution in [3.63, 3.8) is 0 Å². The van der Waals surface area contributed by atoms with Gasteiger partial charge >= 0.3 is 0 Å². The third-order valence-corrected chi connectivity index (χ3v) is 6.09. The molecule has 0 unspecified atom stereocenters. The number of aromatic nitrogens is 1. The van der Waals surface area contributed by atoms with Crippen LogP contribution in [0.1, 0.15) is 32.6 Å². The molecule has 1 aromatic heterocycles. The Morgan fingerprint density at radius 2 is 1.37 bits per heavy atom. The maximum absolute atomic E-state index is 13.9. The zero-order valence-corrected chi connectivity index (χ0v) is 19.6. The quantitative estimate of drug-likeness (QED) is 0.296. The highest BCUT2D eigenvalue weighted by molar-refractivity contribution is 6.10. The van der Waals surface area contributed by atoms with Crippen molar-refractivity contribution in [1.82, 2.24) is 4.98 Å². The molecule has 0 aliphatic heterocycles. The van der Waals surface area contributed by atoms with Gasteiger partial charge in [-0.1, -0.05) is 78.9 Å². The van der Waals surface area contributed by atoms with E-state index in [1.165, 1.54) is 0 Å². The van der Waals surface area contributed by atoms with E-state index in [0.29, 0.717) is 24.1 Å². The molecule has 35 heavy (non-hydrogen) atoms. The van der Waals surface area contributed by atoms with Crippen LogP contribution < -0.4 is 10.1 Å². The van der Waals surface area contributed by atoms with Crippen molar-refractivity contribution in [3.05, 3.63) is 137 Å². The van der Waals surface area contributed by atoms with E-state index in [1.807, 2.05) is 78.9 Å². The Balaban J connectivity index is 1.61. The molecule has 0 radical (unpaired) electrons. The second kappa shape index (κ2) is 10.2. The van der Waals surface area contributed by atoms with Gasteiger partial charge in [-0.2, -0.15) is 0 Å². The summed E-state index contributed by atoms with van der Waals surface area (Å²) in [5.41, 5.74) is 6.25. The third kappa shape index (κ3) is 5.07. The number of ether oxygens (including phenoxy) is 1. The van der Waals surface area contributed by atoms with Crippen molar-refractivity contribution in [2.75, 3.05) is 12.4 Å². The number of para-hydroxylation sites is 1. The van der Waals surface area contributed by atoms with Crippen LogP contribution in [-0.4, -0.2) is 18.0 Å². The molecule has 172 valence electrons. The first-order chi connectivity index (χ1) is 17.2. The minimum Gasteiger partial charge on any atom is -0.497 e. The Kier molecular flexibility index (Phi) is 6.53. The van der Waals surface area contributed by atoms with Gasteiger partial charge in [0, 0.05) is 17.1 Å². The molecular formula is C31H26N2O2. The number of pyridine rings is 1. The molecule has 1 N–H and O–H groups in total. The summed E-state index contributed by atoms with van der Waals surface area (Å²) in [6, 6.07) is 34.0. The Bertz CT molecular complexity index is 1400. The minimum absolute atomic E-state index is 0.150. The van der Waals surface area contributed by atoms with Gasteiger partial charge in [0.05, 0.1) is 18.3 Å². The number of hydrogen-bond donors (Lipinski definition) is 1. The second-order valence-corrected chi connectivity index (χ2v) is 8.48. The van der Waals surface area contributed by atoms with Gasteiger partial charge in [0.25, 0.3) is 5.91 Å². The van der Waals surface area contributed by atoms with E-state index in [0.717, 1.165) is 38.9 Å². The van der Waals surface area contributed by atoms with E-state index in [2.05, 4.69) is 34.6 Å². The van der Waals surface area contributed by atoms with Crippen LogP contribution in [0.4, 0.5) is 5.69 Å². The summed E-state index contributed by atoms with van der Waals surface area (Å²) in [4.78, 5) is 18.4. The van der Waals surface area contributed by atoms with Crippen molar-refractivity contribution in [2.24, 2.45) is 0 Å². The van der Waals surface area contributed by atoms with Gasteiger partial charge in [-0.25, -0.2) is 0 Å². The van der Waals surface area contributed by atoms with Crippen LogP contribution in [-0.2, 0) is 12.8 Å². The first-order valence-electron chi connectivity index (χ1n) is 11.6. The summed E-state index contributed by atoms with van der Waals surface area (Å²) >= 11 is 0. The topological polar surface area (TPSA) is 51.2 Å². The zero-order chi connectivity index (χ0) is 24.0. The molecule has 1 amide bonds. The normalized spacial score (nSPS) is 10.8. The molecule has 5 aromatic rings. The van der Waals surface area contributed by atoms with E-state index < -0.39 is 0 Å². The Labute approximate surface area is 205 Å². The van der Waals surface area contributed by atoms with Crippen molar-refractivity contribution < 1.29 is 9.53 Å². The summed E-state index contributed by atoms with van der Waals surface area (Å²) in [5, 5.41) is 4.13. The maximum atomic E-state index is 13.9. The van der Waals surface area contributed by atoms with Gasteiger partial charge in [-0.05, 0) is 59.4 Å². The van der Waals surface area contributed by atoms with E-state index in [9.17, 15) is 4.79 Å². The third-order valence-electron chi connectivity index (χ3n) is 6.09. The fourth-order valence-corrected chi connectivity index (χ4v) is 4.45. The monoisotopic (exact) mass is 458 g/mol. The van der Waals surface area contributed by atoms with E-state index in [-0.39, 0.29) is 5.91 Å². The fraction of sp³-hybridized carbons (Fsp3) is 0.0968. The Morgan fingerprint density at radius 3 is 1.97 bits per heavy atom. The lowest BCUT2D eigenvalue weighted by Crippen LogP contribution is -2.18. The van der Waals surface area contributed by atoms with E-state index >= 15 is 0 Å². The molecule has 0 aliphatic rings. The SMILES string of the molecule is COc1cc(Cc2ccccc2)c(C(=O)Nc2cccc3cccnc23)c(Cc2ccccc2)c1. The number of carbonyl (C=O) groups is 1. The average Bonchev–Trinajstić information content (AvgIpc) is 2.90. The molecular weight excluding hydrogens is 432 g/mol. The molecule has 0 saturated heterocycles. The second-order valence-electron chi connectivity index (χ2n) is 8.48. The lowest BCUT2D eigenvalue weighted by Gasteiger charge is -2.18. The molecule has 0 bridgehead atoms. The summed E-state index contributed by atoms with van der Waals surface area (Å²) in [5.74, 6) is 0.591. The molecule has 0 atom stereocenters. The predicted octanol–water partition coefficient (Wildman–Crippen LogP) is 6.68. The number of benzene rings is 4. The molecule has 1 heterocycles. The van der Waals surface area contributed by atoms with Gasteiger partial charge < -0.3 is 10.1 Å². The Morgan fingerprint density at radius 1 is 0.771 bits per heavy atom. The smallest absolute Gasteiger partial charge is 0.256 e. The van der Waals surface area contributed by atoms with E-state index in [4.69, 9.17) is 4.74 Å². The molecule has 0 aliphatic carbocycles. The van der Waals surface area contributed by atoms with E-state index in [1.54, 1.807) is 13.3 Å². The number of hydrogen-bond acceptors (Lipinski definition) is 3. The summed E-state index contributed by atoms with van der Waals surface area (Å²) < 4.78 is 5.64. The Hall–Kier alpha value is -4.44. The van der Waals surface area contributed by atoms with Crippen molar-refractivity contribution in [3.8, 4) is 5.75 Å². The van der Waals surface area contributed by atoms with Crippen molar-refractivity contribution in [2.45, 2.75) is 12.8 Å². The zero-order valence-electron chi connectivity index (χ0n) is 19.6. The van der Waals surface area contributed by atoms with Crippen LogP contribution in [0.15, 0.2) is 109 Å². The van der Waals surface area contributed by atoms with Gasteiger partial charge in [0.1, 0.15) is 5.75 Å². The highest BCUT2D eigenvalue weighted by Crippen LogP contribution is 2.29. The number of nitrogens with zero attached hydrogens (tertiary/aromatic N) is 1. The van der Waals surface area contributed by atoms with Crippen LogP contribution in [0.25, 0.3) is 10.9 Å². The largest absolute Gasteiger partial charge is 0.497 e. The molecule has 5 rings (SSSR count). The lowest BCUT2D eigenvalue weighted by molar-refractivity contribution is 0.102. The van der Waals surface area contributed by atoms with Gasteiger partial charge in [-0.3, -0.25) is 9.78 Å². The fourth-order valence-electron chi connectivity index (χ4n) is 4.45. The first-order valence-corrected chi connectivity index (χ1v) is 11.6. The van der Waals surface area contributed by atoms with Crippen LogP contribution in [0.5, 0.6) is 5.75 Å². The van der Waals surface area contributed by atoms with Gasteiger partial charge in [0.2, 0.25) is 0 Å². The molecule has 0 fully saturated rings. The number of fused-ring (bicyclic) bond motifs is 1. The van der Waals surface area contributed by atoms with Gasteiger partial charge in [-0.15, -0.1) is 0 Å². The highest BCUT2D eigenvalue weighted by Gasteiger charge is 2.20. The number of methoxy groups -OCH3 is 1. The summed E-state index contributed by atoms with van der Waals surface area (Å²) in [7, 11) is 1.66. The first kappa shape index (κ1) is 22.4. The molecule has 0 saturated carbocycles. The van der Waals surface area contributed by atoms with Gasteiger partial charge in [0.15, 0.2) is 0 Å². The maximum Gasteiger partial charge on any atom is 0.256 e. The standard InChI is InChI=1S/C31H26N2O2/c1-35-27-20-25(18-22-10-4-2-5-11-22)29(26(21-27)19-23-12-6-3-7-13-23)31(34)33-28-16-8-14-24-15-9-17-32-30(24)28/h2-17,20-21H,18-19H2,1H3,(H,33,34). The lowest BCUT2D eigenvalue weighted by atomic mass is 9.91. The minimum atomic E-state index is -0.150. The number of carbonyl (C=O) groups excluding carboxylic acids is 1. The molecule has 4 heteroatoms. The average molecular weight is 459 g/mol. The van der Waals surface area contributed by atoms with Crippen molar-refractivity contribution in [1.29, 1.82) is 0 Å². The summed E-state index contributed by atoms with van der Waals surface area (Å²) in [6.45, 7) is 0. The highest BCUT2D eigenvalue weighted by atomic mass is 16.5. The molecule has 4 aromatic carbocycles. The number of nitrogens with one attached hydrogen (secondary N) is 1. The number of anilines is 1. The van der Waals surface area contributed by atoms with Crippen LogP contribution in [0.3, 0.4) is 0 Å². The number of rotatable bonds is 7. The van der Waals surface area contributed by atoms with Crippen LogP contribution in [0.2, 0.25) is 0 Å². The van der Waals surface area contributed by atoms with Crippen LogP contribution >= 0.6 is 0 Å².